The summed E-state index contributed by atoms with van der Waals surface area (Å²) in [5, 5.41) is 15.0. The van der Waals surface area contributed by atoms with Crippen molar-refractivity contribution in [1.82, 2.24) is 0 Å². The number of benzene rings is 12. The average Bonchev–Trinajstić information content (AvgIpc) is 4.26. The van der Waals surface area contributed by atoms with Crippen LogP contribution in [0.15, 0.2) is 231 Å². The maximum atomic E-state index is 6.91. The van der Waals surface area contributed by atoms with Crippen LogP contribution in [0.3, 0.4) is 0 Å². The quantitative estimate of drug-likeness (QED) is 0.175. The third kappa shape index (κ3) is 5.35. The van der Waals surface area contributed by atoms with E-state index in [4.69, 9.17) is 9.47 Å². The van der Waals surface area contributed by atoms with E-state index in [0.29, 0.717) is 0 Å². The first-order valence-corrected chi connectivity index (χ1v) is 26.0. The fraction of sp³-hybridized carbons (Fsp3) is 0.0423. The van der Waals surface area contributed by atoms with E-state index >= 15 is 0 Å². The summed E-state index contributed by atoms with van der Waals surface area (Å²) in [5.74, 6) is 3.38. The molecule has 0 atom stereocenters. The first kappa shape index (κ1) is 40.9. The Kier molecular flexibility index (Phi) is 8.04. The molecule has 14 aromatic rings. The van der Waals surface area contributed by atoms with E-state index < -0.39 is 0 Å². The van der Waals surface area contributed by atoms with E-state index in [0.717, 1.165) is 57.1 Å². The molecule has 3 aliphatic rings. The molecule has 0 unspecified atom stereocenters. The molecule has 0 radical (unpaired) electrons. The molecule has 1 aliphatic carbocycles. The van der Waals surface area contributed by atoms with Crippen LogP contribution in [0.25, 0.3) is 98.0 Å². The zero-order chi connectivity index (χ0) is 49.3. The molecule has 75 heavy (non-hydrogen) atoms. The Labute approximate surface area is 433 Å². The molecule has 2 heterocycles. The fourth-order valence-corrected chi connectivity index (χ4v) is 13.8. The van der Waals surface area contributed by atoms with Crippen LogP contribution in [-0.2, 0) is 5.41 Å². The highest BCUT2D eigenvalue weighted by atomic mass is 16.5. The minimum absolute atomic E-state index is 0.181. The second kappa shape index (κ2) is 14.7. The summed E-state index contributed by atoms with van der Waals surface area (Å²) in [4.78, 5) is 4.86. The van der Waals surface area contributed by atoms with Gasteiger partial charge in [-0.2, -0.15) is 0 Å². The molecule has 0 amide bonds. The maximum absolute atomic E-state index is 6.91. The number of rotatable bonds is 4. The highest BCUT2D eigenvalue weighted by Gasteiger charge is 2.39. The van der Waals surface area contributed by atoms with Crippen LogP contribution in [0.1, 0.15) is 25.0 Å². The summed E-state index contributed by atoms with van der Waals surface area (Å²) in [5.41, 5.74) is 16.3. The van der Waals surface area contributed by atoms with Gasteiger partial charge in [-0.1, -0.05) is 184 Å². The van der Waals surface area contributed by atoms with Crippen molar-refractivity contribution < 1.29 is 9.47 Å². The second-order valence-corrected chi connectivity index (χ2v) is 21.0. The van der Waals surface area contributed by atoms with Crippen molar-refractivity contribution in [3.05, 3.63) is 242 Å². The normalized spacial score (nSPS) is 14.0. The second-order valence-electron chi connectivity index (χ2n) is 21.0. The predicted molar refractivity (Wildman–Crippen MR) is 312 cm³/mol. The van der Waals surface area contributed by atoms with Gasteiger partial charge in [0.2, 0.25) is 0 Å². The van der Waals surface area contributed by atoms with E-state index in [1.165, 1.54) is 109 Å². The molecule has 0 aromatic heterocycles. The zero-order valence-electron chi connectivity index (χ0n) is 41.2. The minimum atomic E-state index is -0.181. The Balaban J connectivity index is 0.991. The molecule has 0 saturated heterocycles. The molecule has 0 bridgehead atoms. The number of ether oxygens (including phenoxy) is 2. The van der Waals surface area contributed by atoms with Gasteiger partial charge in [0.1, 0.15) is 0 Å². The van der Waals surface area contributed by atoms with Gasteiger partial charge in [0, 0.05) is 16.2 Å². The third-order valence-corrected chi connectivity index (χ3v) is 16.9. The molecule has 17 rings (SSSR count). The van der Waals surface area contributed by atoms with Crippen LogP contribution >= 0.6 is 0 Å². The summed E-state index contributed by atoms with van der Waals surface area (Å²) in [6.07, 6.45) is 0. The van der Waals surface area contributed by atoms with E-state index in [2.05, 4.69) is 254 Å². The smallest absolute Gasteiger partial charge is 0.152 e. The van der Waals surface area contributed by atoms with E-state index in [1.54, 1.807) is 0 Å². The van der Waals surface area contributed by atoms with Crippen LogP contribution in [0.4, 0.5) is 34.1 Å². The average molecular weight is 957 g/mol. The highest BCUT2D eigenvalue weighted by Crippen LogP contribution is 2.61. The van der Waals surface area contributed by atoms with Crippen molar-refractivity contribution in [3.8, 4) is 56.4 Å². The van der Waals surface area contributed by atoms with Gasteiger partial charge in [0.05, 0.1) is 34.1 Å². The Morgan fingerprint density at radius 2 is 0.693 bits per heavy atom. The molecule has 2 aliphatic heterocycles. The summed E-state index contributed by atoms with van der Waals surface area (Å²) in [6, 6.07) is 84.6. The van der Waals surface area contributed by atoms with Crippen molar-refractivity contribution >= 4 is 98.8 Å². The van der Waals surface area contributed by atoms with Gasteiger partial charge in [-0.3, -0.25) is 0 Å². The van der Waals surface area contributed by atoms with Gasteiger partial charge in [-0.15, -0.1) is 0 Å². The summed E-state index contributed by atoms with van der Waals surface area (Å²) < 4.78 is 13.4. The van der Waals surface area contributed by atoms with E-state index in [-0.39, 0.29) is 5.41 Å². The number of hydrogen-bond acceptors (Lipinski definition) is 4. The zero-order valence-corrected chi connectivity index (χ0v) is 41.2. The van der Waals surface area contributed by atoms with Gasteiger partial charge in [-0.05, 0) is 159 Å². The number of anilines is 6. The van der Waals surface area contributed by atoms with Gasteiger partial charge in [0.25, 0.3) is 0 Å². The van der Waals surface area contributed by atoms with Crippen LogP contribution in [0.5, 0.6) is 23.0 Å². The topological polar surface area (TPSA) is 24.9 Å². The Hall–Kier alpha value is -9.64. The van der Waals surface area contributed by atoms with Crippen LogP contribution in [0.2, 0.25) is 0 Å². The lowest BCUT2D eigenvalue weighted by Crippen LogP contribution is -2.19. The molecule has 0 saturated carbocycles. The number of para-hydroxylation sites is 6. The summed E-state index contributed by atoms with van der Waals surface area (Å²) in [6.45, 7) is 4.71. The maximum Gasteiger partial charge on any atom is 0.152 e. The summed E-state index contributed by atoms with van der Waals surface area (Å²) >= 11 is 0. The Morgan fingerprint density at radius 1 is 0.280 bits per heavy atom. The first-order chi connectivity index (χ1) is 37.0. The van der Waals surface area contributed by atoms with Crippen LogP contribution in [0, 0.1) is 0 Å². The Bertz CT molecular complexity index is 4610. The third-order valence-electron chi connectivity index (χ3n) is 16.9. The van der Waals surface area contributed by atoms with Gasteiger partial charge in [-0.25, -0.2) is 0 Å². The van der Waals surface area contributed by atoms with Crippen molar-refractivity contribution in [1.29, 1.82) is 0 Å². The molecular formula is C71H44N2O2. The van der Waals surface area contributed by atoms with Crippen molar-refractivity contribution in [2.24, 2.45) is 0 Å². The molecule has 0 N–H and O–H groups in total. The molecular weight excluding hydrogens is 913 g/mol. The standard InChI is InChI=1S/C71H44N2O2/c1-71(2)51-28-10-9-23-43(51)50-39-62-58(40-52(50)71)73(57-31-13-16-34-61(57)75-62)54-38-36-49-66-45(54)25-18-27-47(66)68-64(42-21-7-4-8-22-42)69-48-35-37-53(72-55-29-11-14-32-59(55)74-60-33-15-12-30-56(60)72)44-24-17-26-46(65(44)48)67(69)63(70(49)68)41-19-5-3-6-20-41/h3-40H,1-2H3. The first-order valence-electron chi connectivity index (χ1n) is 26.0. The van der Waals surface area contributed by atoms with Gasteiger partial charge < -0.3 is 19.3 Å². The van der Waals surface area contributed by atoms with E-state index in [9.17, 15) is 0 Å². The van der Waals surface area contributed by atoms with Gasteiger partial charge >= 0.3 is 0 Å². The van der Waals surface area contributed by atoms with Crippen molar-refractivity contribution in [2.75, 3.05) is 9.80 Å². The van der Waals surface area contributed by atoms with Crippen LogP contribution in [-0.4, -0.2) is 0 Å². The molecule has 14 aromatic carbocycles. The van der Waals surface area contributed by atoms with Crippen molar-refractivity contribution in [2.45, 2.75) is 19.3 Å². The number of nitrogens with zero attached hydrogens (tertiary/aromatic N) is 2. The number of hydrogen-bond donors (Lipinski definition) is 0. The SMILES string of the molecule is CC1(C)c2ccccc2-c2cc3c(cc21)N(c1ccc2c4c(-c5ccccc5)c5c6cccc7c(N8c9ccccc9Oc9ccccc98)ccc(c5c(-c5ccccc5)c4c4cccc1c42)c76)c1ccccc1O3. The lowest BCUT2D eigenvalue weighted by Gasteiger charge is -2.35. The number of fused-ring (bicyclic) bond motifs is 13. The fourth-order valence-electron chi connectivity index (χ4n) is 13.8. The largest absolute Gasteiger partial charge is 0.453 e. The van der Waals surface area contributed by atoms with Crippen LogP contribution < -0.4 is 19.3 Å². The van der Waals surface area contributed by atoms with Gasteiger partial charge in [0.15, 0.2) is 23.0 Å². The van der Waals surface area contributed by atoms with E-state index in [1.807, 2.05) is 0 Å². The minimum Gasteiger partial charge on any atom is -0.453 e. The predicted octanol–water partition coefficient (Wildman–Crippen LogP) is 20.3. The summed E-state index contributed by atoms with van der Waals surface area (Å²) in [7, 11) is 0. The molecule has 350 valence electrons. The monoisotopic (exact) mass is 956 g/mol. The molecule has 4 heteroatoms. The molecule has 0 spiro atoms. The highest BCUT2D eigenvalue weighted by molar-refractivity contribution is 6.47. The molecule has 0 fully saturated rings. The van der Waals surface area contributed by atoms with Crippen molar-refractivity contribution in [3.63, 3.8) is 0 Å². The lowest BCUT2D eigenvalue weighted by molar-refractivity contribution is 0.476. The molecule has 4 nitrogen and oxygen atoms in total. The Morgan fingerprint density at radius 3 is 1.21 bits per heavy atom. The lowest BCUT2D eigenvalue weighted by atomic mass is 9.82.